The third kappa shape index (κ3) is 2.84. The SMILES string of the molecule is COC(=O)c1ccc(C(C)(N)c2ccco2)cc1-c1ccccc1. The van der Waals surface area contributed by atoms with Gasteiger partial charge in [-0.1, -0.05) is 36.4 Å². The van der Waals surface area contributed by atoms with Crippen LogP contribution >= 0.6 is 0 Å². The summed E-state index contributed by atoms with van der Waals surface area (Å²) in [6.45, 7) is 1.88. The zero-order chi connectivity index (χ0) is 17.2. The summed E-state index contributed by atoms with van der Waals surface area (Å²) < 4.78 is 10.4. The third-order valence-electron chi connectivity index (χ3n) is 4.14. The Morgan fingerprint density at radius 2 is 1.83 bits per heavy atom. The van der Waals surface area contributed by atoms with Gasteiger partial charge in [0.1, 0.15) is 5.76 Å². The van der Waals surface area contributed by atoms with Crippen LogP contribution in [0.4, 0.5) is 0 Å². The maximum Gasteiger partial charge on any atom is 0.338 e. The van der Waals surface area contributed by atoms with Crippen molar-refractivity contribution in [3.63, 3.8) is 0 Å². The van der Waals surface area contributed by atoms with Crippen LogP contribution in [0.5, 0.6) is 0 Å². The number of rotatable bonds is 4. The van der Waals surface area contributed by atoms with E-state index in [0.29, 0.717) is 11.3 Å². The first-order valence-corrected chi connectivity index (χ1v) is 7.65. The van der Waals surface area contributed by atoms with Gasteiger partial charge in [0.15, 0.2) is 0 Å². The molecule has 122 valence electrons. The van der Waals surface area contributed by atoms with Gasteiger partial charge in [-0.3, -0.25) is 0 Å². The fourth-order valence-corrected chi connectivity index (χ4v) is 2.73. The number of carbonyl (C=O) groups is 1. The highest BCUT2D eigenvalue weighted by Crippen LogP contribution is 2.32. The molecule has 3 aromatic rings. The summed E-state index contributed by atoms with van der Waals surface area (Å²) in [5, 5.41) is 0. The van der Waals surface area contributed by atoms with Crippen molar-refractivity contribution in [1.29, 1.82) is 0 Å². The van der Waals surface area contributed by atoms with Crippen LogP contribution in [0.2, 0.25) is 0 Å². The van der Waals surface area contributed by atoms with Crippen LogP contribution in [-0.2, 0) is 10.3 Å². The third-order valence-corrected chi connectivity index (χ3v) is 4.14. The molecule has 4 heteroatoms. The Balaban J connectivity index is 2.16. The average molecular weight is 321 g/mol. The fraction of sp³-hybridized carbons (Fsp3) is 0.150. The van der Waals surface area contributed by atoms with Gasteiger partial charge >= 0.3 is 5.97 Å². The second-order valence-electron chi connectivity index (χ2n) is 5.80. The van der Waals surface area contributed by atoms with E-state index in [9.17, 15) is 4.79 Å². The maximum absolute atomic E-state index is 12.1. The quantitative estimate of drug-likeness (QED) is 0.739. The van der Waals surface area contributed by atoms with Crippen LogP contribution in [0.25, 0.3) is 11.1 Å². The minimum absolute atomic E-state index is 0.378. The van der Waals surface area contributed by atoms with E-state index < -0.39 is 5.54 Å². The van der Waals surface area contributed by atoms with E-state index in [4.69, 9.17) is 14.9 Å². The molecule has 24 heavy (non-hydrogen) atoms. The van der Waals surface area contributed by atoms with Crippen molar-refractivity contribution in [2.45, 2.75) is 12.5 Å². The summed E-state index contributed by atoms with van der Waals surface area (Å²) in [5.74, 6) is 0.282. The van der Waals surface area contributed by atoms with Crippen molar-refractivity contribution in [2.24, 2.45) is 5.73 Å². The van der Waals surface area contributed by atoms with Crippen LogP contribution in [0, 0.1) is 0 Å². The van der Waals surface area contributed by atoms with Gasteiger partial charge in [0.2, 0.25) is 0 Å². The van der Waals surface area contributed by atoms with Crippen molar-refractivity contribution >= 4 is 5.97 Å². The van der Waals surface area contributed by atoms with Gasteiger partial charge in [0.05, 0.1) is 24.5 Å². The Morgan fingerprint density at radius 1 is 1.08 bits per heavy atom. The van der Waals surface area contributed by atoms with Crippen molar-refractivity contribution in [3.05, 3.63) is 83.8 Å². The molecule has 1 unspecified atom stereocenters. The first-order valence-electron chi connectivity index (χ1n) is 7.65. The molecule has 0 saturated heterocycles. The van der Waals surface area contributed by atoms with Gasteiger partial charge in [0, 0.05) is 0 Å². The summed E-state index contributed by atoms with van der Waals surface area (Å²) in [7, 11) is 1.38. The molecular weight excluding hydrogens is 302 g/mol. The van der Waals surface area contributed by atoms with Crippen LogP contribution < -0.4 is 5.73 Å². The van der Waals surface area contributed by atoms with Gasteiger partial charge in [-0.05, 0) is 47.9 Å². The molecule has 0 aliphatic rings. The summed E-state index contributed by atoms with van der Waals surface area (Å²) in [4.78, 5) is 12.1. The van der Waals surface area contributed by atoms with E-state index in [0.717, 1.165) is 16.7 Å². The average Bonchev–Trinajstić information content (AvgIpc) is 3.17. The lowest BCUT2D eigenvalue weighted by atomic mass is 9.86. The van der Waals surface area contributed by atoms with Crippen LogP contribution in [0.3, 0.4) is 0 Å². The van der Waals surface area contributed by atoms with E-state index in [1.807, 2.05) is 55.5 Å². The normalized spacial score (nSPS) is 13.3. The summed E-state index contributed by atoms with van der Waals surface area (Å²) in [6, 6.07) is 18.8. The molecule has 0 radical (unpaired) electrons. The van der Waals surface area contributed by atoms with Crippen molar-refractivity contribution in [2.75, 3.05) is 7.11 Å². The zero-order valence-electron chi connectivity index (χ0n) is 13.7. The Bertz CT molecular complexity index is 837. The van der Waals surface area contributed by atoms with Gasteiger partial charge in [-0.2, -0.15) is 0 Å². The molecule has 2 N–H and O–H groups in total. The highest BCUT2D eigenvalue weighted by Gasteiger charge is 2.28. The van der Waals surface area contributed by atoms with E-state index >= 15 is 0 Å². The highest BCUT2D eigenvalue weighted by atomic mass is 16.5. The van der Waals surface area contributed by atoms with E-state index in [1.165, 1.54) is 7.11 Å². The van der Waals surface area contributed by atoms with Crippen molar-refractivity contribution < 1.29 is 13.9 Å². The second kappa shape index (κ2) is 6.34. The standard InChI is InChI=1S/C20H19NO3/c1-20(21,18-9-6-12-24-18)15-10-11-16(19(22)23-2)17(13-15)14-7-4-3-5-8-14/h3-13H,21H2,1-2H3. The van der Waals surface area contributed by atoms with E-state index in [1.54, 1.807) is 18.4 Å². The molecular formula is C20H19NO3. The van der Waals surface area contributed by atoms with Gasteiger partial charge in [-0.25, -0.2) is 4.79 Å². The zero-order valence-corrected chi connectivity index (χ0v) is 13.7. The van der Waals surface area contributed by atoms with E-state index in [-0.39, 0.29) is 5.97 Å². The second-order valence-corrected chi connectivity index (χ2v) is 5.80. The molecule has 1 aromatic heterocycles. The molecule has 0 aliphatic heterocycles. The highest BCUT2D eigenvalue weighted by molar-refractivity contribution is 5.97. The van der Waals surface area contributed by atoms with E-state index in [2.05, 4.69) is 0 Å². The van der Waals surface area contributed by atoms with Gasteiger partial charge in [0.25, 0.3) is 0 Å². The molecule has 2 aromatic carbocycles. The maximum atomic E-state index is 12.1. The number of esters is 1. The minimum atomic E-state index is -0.804. The van der Waals surface area contributed by atoms with Gasteiger partial charge in [-0.15, -0.1) is 0 Å². The Hall–Kier alpha value is -2.85. The number of carbonyl (C=O) groups excluding carboxylic acids is 1. The first-order chi connectivity index (χ1) is 11.5. The van der Waals surface area contributed by atoms with Crippen LogP contribution in [-0.4, -0.2) is 13.1 Å². The smallest absolute Gasteiger partial charge is 0.338 e. The van der Waals surface area contributed by atoms with Crippen molar-refractivity contribution in [3.8, 4) is 11.1 Å². The molecule has 0 bridgehead atoms. The largest absolute Gasteiger partial charge is 0.467 e. The summed E-state index contributed by atoms with van der Waals surface area (Å²) in [5.41, 5.74) is 8.76. The molecule has 1 atom stereocenters. The minimum Gasteiger partial charge on any atom is -0.467 e. The molecule has 0 saturated carbocycles. The molecule has 1 heterocycles. The molecule has 0 fully saturated rings. The topological polar surface area (TPSA) is 65.5 Å². The molecule has 3 rings (SSSR count). The Morgan fingerprint density at radius 3 is 2.46 bits per heavy atom. The number of furan rings is 1. The Kier molecular flexibility index (Phi) is 4.23. The van der Waals surface area contributed by atoms with Crippen LogP contribution in [0.15, 0.2) is 71.3 Å². The lowest BCUT2D eigenvalue weighted by molar-refractivity contribution is 0.0601. The van der Waals surface area contributed by atoms with Crippen molar-refractivity contribution in [1.82, 2.24) is 0 Å². The number of hydrogen-bond acceptors (Lipinski definition) is 4. The lowest BCUT2D eigenvalue weighted by Crippen LogP contribution is -2.34. The Labute approximate surface area is 140 Å². The molecule has 4 nitrogen and oxygen atoms in total. The van der Waals surface area contributed by atoms with Crippen LogP contribution in [0.1, 0.15) is 28.6 Å². The predicted molar refractivity (Wildman–Crippen MR) is 92.6 cm³/mol. The number of benzene rings is 2. The molecule has 0 aliphatic carbocycles. The molecule has 0 amide bonds. The number of nitrogens with two attached hydrogens (primary N) is 1. The lowest BCUT2D eigenvalue weighted by Gasteiger charge is -2.24. The fourth-order valence-electron chi connectivity index (χ4n) is 2.73. The predicted octanol–water partition coefficient (Wildman–Crippen LogP) is 3.96. The number of hydrogen-bond donors (Lipinski definition) is 1. The monoisotopic (exact) mass is 321 g/mol. The summed E-state index contributed by atoms with van der Waals surface area (Å²) in [6.07, 6.45) is 1.60. The first kappa shape index (κ1) is 16.0. The molecule has 0 spiro atoms. The number of ether oxygens (including phenoxy) is 1. The van der Waals surface area contributed by atoms with Gasteiger partial charge < -0.3 is 14.9 Å². The summed E-state index contributed by atoms with van der Waals surface area (Å²) >= 11 is 0. The number of methoxy groups -OCH3 is 1.